The highest BCUT2D eigenvalue weighted by molar-refractivity contribution is 8.02. The van der Waals surface area contributed by atoms with E-state index in [1.54, 1.807) is 13.1 Å². The van der Waals surface area contributed by atoms with Gasteiger partial charge in [0.05, 0.1) is 18.1 Å². The molecule has 2 aliphatic rings. The quantitative estimate of drug-likeness (QED) is 0.794. The zero-order valence-electron chi connectivity index (χ0n) is 12.9. The van der Waals surface area contributed by atoms with Crippen LogP contribution in [-0.4, -0.2) is 44.1 Å². The van der Waals surface area contributed by atoms with E-state index in [1.807, 2.05) is 19.1 Å². The van der Waals surface area contributed by atoms with E-state index in [2.05, 4.69) is 4.98 Å². The van der Waals surface area contributed by atoms with Crippen LogP contribution in [0.5, 0.6) is 0 Å². The molecular formula is C16H18N2O4S. The Bertz CT molecular complexity index is 684. The first kappa shape index (κ1) is 16.0. The fraction of sp³-hybridized carbons (Fsp3) is 0.438. The predicted octanol–water partition coefficient (Wildman–Crippen LogP) is 1.53. The topological polar surface area (TPSA) is 90.7 Å². The highest BCUT2D eigenvalue weighted by Gasteiger charge is 2.56. The van der Waals surface area contributed by atoms with Gasteiger partial charge in [-0.3, -0.25) is 9.78 Å². The summed E-state index contributed by atoms with van der Waals surface area (Å²) in [6.07, 6.45) is 1.51. The van der Waals surface area contributed by atoms with Crippen molar-refractivity contribution in [2.75, 3.05) is 0 Å². The molecule has 3 rings (SSSR count). The Morgan fingerprint density at radius 1 is 1.52 bits per heavy atom. The Labute approximate surface area is 138 Å². The maximum Gasteiger partial charge on any atom is 0.353 e. The molecule has 2 unspecified atom stereocenters. The van der Waals surface area contributed by atoms with Gasteiger partial charge in [-0.15, -0.1) is 11.8 Å². The molecule has 122 valence electrons. The molecule has 6 nitrogen and oxygen atoms in total. The van der Waals surface area contributed by atoms with Gasteiger partial charge >= 0.3 is 5.97 Å². The monoisotopic (exact) mass is 334 g/mol. The number of β-lactam (4-membered cyclic amide) rings is 1. The minimum Gasteiger partial charge on any atom is -0.477 e. The van der Waals surface area contributed by atoms with Crippen LogP contribution in [-0.2, 0) is 15.3 Å². The molecule has 1 fully saturated rings. The van der Waals surface area contributed by atoms with Crippen molar-refractivity contribution < 1.29 is 19.8 Å². The second-order valence-electron chi connectivity index (χ2n) is 5.92. The lowest BCUT2D eigenvalue weighted by Crippen LogP contribution is -2.61. The highest BCUT2D eigenvalue weighted by Crippen LogP contribution is 2.47. The number of amides is 1. The third kappa shape index (κ3) is 2.74. The molecule has 1 saturated heterocycles. The number of fused-ring (bicyclic) bond motifs is 1. The van der Waals surface area contributed by atoms with Gasteiger partial charge in [-0.05, 0) is 25.5 Å². The number of aliphatic carboxylic acids is 1. The zero-order chi connectivity index (χ0) is 16.7. The number of pyridine rings is 1. The lowest BCUT2D eigenvalue weighted by Gasteiger charge is -2.44. The van der Waals surface area contributed by atoms with Crippen molar-refractivity contribution >= 4 is 23.6 Å². The van der Waals surface area contributed by atoms with E-state index in [0.717, 1.165) is 11.3 Å². The number of hydrogen-bond acceptors (Lipinski definition) is 5. The smallest absolute Gasteiger partial charge is 0.353 e. The maximum absolute atomic E-state index is 12.1. The third-order valence-electron chi connectivity index (χ3n) is 4.28. The Morgan fingerprint density at radius 3 is 2.83 bits per heavy atom. The molecule has 1 amide bonds. The van der Waals surface area contributed by atoms with E-state index in [0.29, 0.717) is 17.1 Å². The molecule has 3 heterocycles. The molecule has 1 aromatic heterocycles. The summed E-state index contributed by atoms with van der Waals surface area (Å²) in [6.45, 7) is 3.48. The van der Waals surface area contributed by atoms with E-state index in [-0.39, 0.29) is 17.6 Å². The fourth-order valence-corrected chi connectivity index (χ4v) is 4.24. The van der Waals surface area contributed by atoms with Crippen LogP contribution in [0.2, 0.25) is 0 Å². The van der Waals surface area contributed by atoms with Gasteiger partial charge in [-0.2, -0.15) is 0 Å². The van der Waals surface area contributed by atoms with Crippen molar-refractivity contribution in [3.05, 3.63) is 40.2 Å². The number of aliphatic hydroxyl groups excluding tert-OH is 1. The summed E-state index contributed by atoms with van der Waals surface area (Å²) in [5.41, 5.74) is 2.01. The second-order valence-corrected chi connectivity index (χ2v) is 6.99. The Kier molecular flexibility index (Phi) is 4.16. The fourth-order valence-electron chi connectivity index (χ4n) is 3.11. The average molecular weight is 334 g/mol. The second kappa shape index (κ2) is 5.98. The standard InChI is InChI=1S/C16H18N2O4S/c1-8-3-4-10(6-17-8)7-23-12-5-11-13(9(2)19)15(20)18(11)14(12)16(21)22/h3-4,6,9,11,13,19H,5,7H2,1-2H3,(H,21,22)/t9-,11?,13?/m1/s1. The van der Waals surface area contributed by atoms with Crippen LogP contribution >= 0.6 is 11.8 Å². The number of carboxylic acid groups (broad SMARTS) is 1. The summed E-state index contributed by atoms with van der Waals surface area (Å²) in [5, 5.41) is 19.1. The lowest BCUT2D eigenvalue weighted by molar-refractivity contribution is -0.161. The van der Waals surface area contributed by atoms with Gasteiger partial charge in [-0.25, -0.2) is 4.79 Å². The molecule has 0 saturated carbocycles. The summed E-state index contributed by atoms with van der Waals surface area (Å²) in [6, 6.07) is 3.65. The summed E-state index contributed by atoms with van der Waals surface area (Å²) < 4.78 is 0. The van der Waals surface area contributed by atoms with Crippen molar-refractivity contribution in [2.24, 2.45) is 5.92 Å². The molecule has 0 aliphatic carbocycles. The van der Waals surface area contributed by atoms with Crippen molar-refractivity contribution in [2.45, 2.75) is 38.2 Å². The average Bonchev–Trinajstić information content (AvgIpc) is 2.81. The van der Waals surface area contributed by atoms with Gasteiger partial charge < -0.3 is 15.1 Å². The Balaban J connectivity index is 1.77. The third-order valence-corrected chi connectivity index (χ3v) is 5.46. The molecule has 2 N–H and O–H groups in total. The molecule has 1 aromatic rings. The number of carbonyl (C=O) groups excluding carboxylic acids is 1. The summed E-state index contributed by atoms with van der Waals surface area (Å²) in [7, 11) is 0. The number of aliphatic hydroxyl groups is 1. The van der Waals surface area contributed by atoms with Crippen molar-refractivity contribution in [3.63, 3.8) is 0 Å². The minimum atomic E-state index is -1.09. The van der Waals surface area contributed by atoms with E-state index in [1.165, 1.54) is 16.7 Å². The Hall–Kier alpha value is -1.86. The zero-order valence-corrected chi connectivity index (χ0v) is 13.7. The molecule has 2 aliphatic heterocycles. The molecule has 0 bridgehead atoms. The van der Waals surface area contributed by atoms with E-state index in [9.17, 15) is 19.8 Å². The number of aromatic nitrogens is 1. The number of rotatable bonds is 5. The van der Waals surface area contributed by atoms with E-state index >= 15 is 0 Å². The summed E-state index contributed by atoms with van der Waals surface area (Å²) >= 11 is 1.43. The van der Waals surface area contributed by atoms with Crippen LogP contribution < -0.4 is 0 Å². The van der Waals surface area contributed by atoms with Gasteiger partial charge in [0.2, 0.25) is 5.91 Å². The molecular weight excluding hydrogens is 316 g/mol. The van der Waals surface area contributed by atoms with Crippen molar-refractivity contribution in [1.82, 2.24) is 9.88 Å². The molecule has 3 atom stereocenters. The maximum atomic E-state index is 12.1. The van der Waals surface area contributed by atoms with Gasteiger partial charge in [0.15, 0.2) is 0 Å². The minimum absolute atomic E-state index is 0.0713. The first-order valence-electron chi connectivity index (χ1n) is 7.42. The first-order valence-corrected chi connectivity index (χ1v) is 8.40. The van der Waals surface area contributed by atoms with Crippen LogP contribution in [0, 0.1) is 12.8 Å². The SMILES string of the molecule is Cc1ccc(CSC2=C(C(=O)O)N3C(=O)C([C@@H](C)O)C3C2)cn1. The number of aryl methyl sites for hydroxylation is 1. The van der Waals surface area contributed by atoms with Gasteiger partial charge in [0.25, 0.3) is 0 Å². The number of hydrogen-bond donors (Lipinski definition) is 2. The summed E-state index contributed by atoms with van der Waals surface area (Å²) in [5.74, 6) is -1.28. The van der Waals surface area contributed by atoms with Crippen LogP contribution in [0.4, 0.5) is 0 Å². The number of nitrogens with zero attached hydrogens (tertiary/aromatic N) is 2. The van der Waals surface area contributed by atoms with Crippen LogP contribution in [0.1, 0.15) is 24.6 Å². The van der Waals surface area contributed by atoms with E-state index < -0.39 is 18.0 Å². The molecule has 7 heteroatoms. The van der Waals surface area contributed by atoms with E-state index in [4.69, 9.17) is 0 Å². The lowest BCUT2D eigenvalue weighted by atomic mass is 9.83. The molecule has 0 spiro atoms. The Morgan fingerprint density at radius 2 is 2.26 bits per heavy atom. The van der Waals surface area contributed by atoms with Gasteiger partial charge in [0, 0.05) is 29.0 Å². The molecule has 0 radical (unpaired) electrons. The number of carboxylic acids is 1. The van der Waals surface area contributed by atoms with Gasteiger partial charge in [-0.1, -0.05) is 6.07 Å². The van der Waals surface area contributed by atoms with Gasteiger partial charge in [0.1, 0.15) is 5.70 Å². The van der Waals surface area contributed by atoms with Crippen LogP contribution in [0.15, 0.2) is 28.9 Å². The number of carbonyl (C=O) groups is 2. The summed E-state index contributed by atoms with van der Waals surface area (Å²) in [4.78, 5) is 29.9. The highest BCUT2D eigenvalue weighted by atomic mass is 32.2. The van der Waals surface area contributed by atoms with Crippen molar-refractivity contribution in [3.8, 4) is 0 Å². The largest absolute Gasteiger partial charge is 0.477 e. The van der Waals surface area contributed by atoms with Crippen molar-refractivity contribution in [1.29, 1.82) is 0 Å². The molecule has 0 aromatic carbocycles. The number of thioether (sulfide) groups is 1. The normalized spacial score (nSPS) is 24.5. The first-order chi connectivity index (χ1) is 10.9. The predicted molar refractivity (Wildman–Crippen MR) is 85.4 cm³/mol. The molecule has 23 heavy (non-hydrogen) atoms. The van der Waals surface area contributed by atoms with Crippen LogP contribution in [0.3, 0.4) is 0 Å². The van der Waals surface area contributed by atoms with Crippen LogP contribution in [0.25, 0.3) is 0 Å².